The molecular weight excluding hydrogens is 711 g/mol. The minimum absolute atomic E-state index is 0.221. The largest absolute Gasteiger partial charge is 0.469 e. The van der Waals surface area contributed by atoms with E-state index in [1.165, 1.54) is 199 Å². The molecule has 0 amide bonds. The van der Waals surface area contributed by atoms with Gasteiger partial charge in [-0.25, -0.2) is 4.57 Å². The first-order valence-corrected chi connectivity index (χ1v) is 25.4. The summed E-state index contributed by atoms with van der Waals surface area (Å²) < 4.78 is 26.5. The van der Waals surface area contributed by atoms with Crippen molar-refractivity contribution in [1.29, 1.82) is 0 Å². The van der Waals surface area contributed by atoms with Gasteiger partial charge >= 0.3 is 19.8 Å². The van der Waals surface area contributed by atoms with Gasteiger partial charge in [-0.3, -0.25) is 14.1 Å². The predicted octanol–water partition coefficient (Wildman–Crippen LogP) is 14.8. The highest BCUT2D eigenvalue weighted by Crippen LogP contribution is 2.36. The Morgan fingerprint density at radius 2 is 0.655 bits per heavy atom. The third-order valence-corrected chi connectivity index (χ3v) is 11.4. The maximum Gasteiger partial charge on any atom is 0.469 e. The van der Waals surface area contributed by atoms with Gasteiger partial charge in [0.25, 0.3) is 0 Å². The summed E-state index contributed by atoms with van der Waals surface area (Å²) in [5, 5.41) is 0. The van der Waals surface area contributed by atoms with Crippen LogP contribution >= 0.6 is 7.82 Å². The first-order chi connectivity index (χ1) is 26.8. The summed E-state index contributed by atoms with van der Waals surface area (Å²) in [6.45, 7) is 3.73. The summed E-state index contributed by atoms with van der Waals surface area (Å²) in [5.41, 5.74) is 0. The Balaban J connectivity index is 3.76. The summed E-state index contributed by atoms with van der Waals surface area (Å²) in [7, 11) is -4.75. The summed E-state index contributed by atoms with van der Waals surface area (Å²) in [4.78, 5) is 42.9. The van der Waals surface area contributed by atoms with Crippen molar-refractivity contribution in [1.82, 2.24) is 0 Å². The van der Waals surface area contributed by atoms with Crippen LogP contribution in [0.1, 0.15) is 264 Å². The molecule has 0 aromatic heterocycles. The van der Waals surface area contributed by atoms with E-state index in [4.69, 9.17) is 19.3 Å². The van der Waals surface area contributed by atoms with Crippen LogP contribution in [0.25, 0.3) is 0 Å². The average molecular weight is 803 g/mol. The van der Waals surface area contributed by atoms with Crippen LogP contribution in [0.15, 0.2) is 0 Å². The zero-order valence-electron chi connectivity index (χ0n) is 36.4. The van der Waals surface area contributed by atoms with Gasteiger partial charge in [0.1, 0.15) is 6.61 Å². The lowest BCUT2D eigenvalue weighted by molar-refractivity contribution is -0.161. The SMILES string of the molecule is CCCCCCCCCCCCCCCCCCCCCCCCCC(=O)OC(COC(=O)CCCCCCCCCCCCCCCC)COP(=O)(O)O. The molecule has 0 bridgehead atoms. The van der Waals surface area contributed by atoms with E-state index in [9.17, 15) is 14.2 Å². The fourth-order valence-electron chi connectivity index (χ4n) is 7.32. The number of carbonyl (C=O) groups excluding carboxylic acids is 2. The second-order valence-electron chi connectivity index (χ2n) is 16.5. The van der Waals surface area contributed by atoms with Crippen LogP contribution in [0.3, 0.4) is 0 Å². The Morgan fingerprint density at radius 3 is 0.927 bits per heavy atom. The zero-order valence-corrected chi connectivity index (χ0v) is 37.3. The van der Waals surface area contributed by atoms with Crippen LogP contribution < -0.4 is 0 Å². The van der Waals surface area contributed by atoms with E-state index in [-0.39, 0.29) is 19.4 Å². The molecular formula is C46H91O8P. The fourth-order valence-corrected chi connectivity index (χ4v) is 7.68. The van der Waals surface area contributed by atoms with Crippen LogP contribution in [0.4, 0.5) is 0 Å². The third-order valence-electron chi connectivity index (χ3n) is 10.9. The Hall–Kier alpha value is -0.950. The lowest BCUT2D eigenvalue weighted by Crippen LogP contribution is -2.29. The molecule has 0 aliphatic carbocycles. The van der Waals surface area contributed by atoms with Crippen molar-refractivity contribution in [3.63, 3.8) is 0 Å². The number of phosphoric acid groups is 1. The van der Waals surface area contributed by atoms with Crippen LogP contribution in [0, 0.1) is 0 Å². The quantitative estimate of drug-likeness (QED) is 0.0355. The van der Waals surface area contributed by atoms with Crippen molar-refractivity contribution < 1.29 is 37.9 Å². The number of unbranched alkanes of at least 4 members (excludes halogenated alkanes) is 35. The van der Waals surface area contributed by atoms with E-state index >= 15 is 0 Å². The maximum absolute atomic E-state index is 12.4. The second kappa shape index (κ2) is 42.7. The van der Waals surface area contributed by atoms with E-state index in [0.29, 0.717) is 6.42 Å². The number of hydrogen-bond acceptors (Lipinski definition) is 6. The van der Waals surface area contributed by atoms with Crippen molar-refractivity contribution in [2.45, 2.75) is 270 Å². The Labute approximate surface area is 340 Å². The van der Waals surface area contributed by atoms with Crippen LogP contribution in [-0.4, -0.2) is 41.0 Å². The van der Waals surface area contributed by atoms with Gasteiger partial charge < -0.3 is 19.3 Å². The van der Waals surface area contributed by atoms with Gasteiger partial charge in [0.15, 0.2) is 6.10 Å². The topological polar surface area (TPSA) is 119 Å². The van der Waals surface area contributed by atoms with Gasteiger partial charge in [-0.05, 0) is 12.8 Å². The Bertz CT molecular complexity index is 863. The first kappa shape index (κ1) is 54.0. The van der Waals surface area contributed by atoms with Crippen molar-refractivity contribution in [2.24, 2.45) is 0 Å². The molecule has 55 heavy (non-hydrogen) atoms. The number of ether oxygens (including phenoxy) is 2. The highest BCUT2D eigenvalue weighted by atomic mass is 31.2. The van der Waals surface area contributed by atoms with Gasteiger partial charge in [-0.1, -0.05) is 239 Å². The van der Waals surface area contributed by atoms with E-state index < -0.39 is 32.5 Å². The molecule has 0 radical (unpaired) electrons. The molecule has 2 N–H and O–H groups in total. The molecule has 0 aliphatic rings. The minimum Gasteiger partial charge on any atom is -0.462 e. The number of carbonyl (C=O) groups is 2. The number of rotatable bonds is 45. The van der Waals surface area contributed by atoms with Gasteiger partial charge in [0.05, 0.1) is 6.61 Å². The van der Waals surface area contributed by atoms with Crippen molar-refractivity contribution in [2.75, 3.05) is 13.2 Å². The average Bonchev–Trinajstić information content (AvgIpc) is 3.16. The monoisotopic (exact) mass is 803 g/mol. The molecule has 8 nitrogen and oxygen atoms in total. The molecule has 1 atom stereocenters. The molecule has 0 aliphatic heterocycles. The van der Waals surface area contributed by atoms with Crippen molar-refractivity contribution in [3.05, 3.63) is 0 Å². The van der Waals surface area contributed by atoms with E-state index in [1.54, 1.807) is 0 Å². The van der Waals surface area contributed by atoms with Crippen molar-refractivity contribution in [3.8, 4) is 0 Å². The maximum atomic E-state index is 12.4. The molecule has 9 heteroatoms. The third kappa shape index (κ3) is 45.6. The molecule has 0 fully saturated rings. The molecule has 328 valence electrons. The summed E-state index contributed by atoms with van der Waals surface area (Å²) in [6.07, 6.45) is 46.9. The summed E-state index contributed by atoms with van der Waals surface area (Å²) in [5.74, 6) is -0.864. The van der Waals surface area contributed by atoms with E-state index in [0.717, 1.165) is 32.1 Å². The smallest absolute Gasteiger partial charge is 0.462 e. The lowest BCUT2D eigenvalue weighted by Gasteiger charge is -2.18. The molecule has 1 unspecified atom stereocenters. The van der Waals surface area contributed by atoms with Crippen molar-refractivity contribution >= 4 is 19.8 Å². The predicted molar refractivity (Wildman–Crippen MR) is 230 cm³/mol. The minimum atomic E-state index is -4.75. The highest BCUT2D eigenvalue weighted by molar-refractivity contribution is 7.46. The number of hydrogen-bond donors (Lipinski definition) is 2. The second-order valence-corrected chi connectivity index (χ2v) is 17.7. The van der Waals surface area contributed by atoms with E-state index in [1.807, 2.05) is 0 Å². The fraction of sp³-hybridized carbons (Fsp3) is 0.957. The molecule has 0 spiro atoms. The molecule has 0 heterocycles. The molecule has 0 saturated heterocycles. The summed E-state index contributed by atoms with van der Waals surface area (Å²) in [6, 6.07) is 0. The first-order valence-electron chi connectivity index (χ1n) is 23.8. The molecule has 0 aromatic carbocycles. The number of esters is 2. The molecule has 0 saturated carbocycles. The molecule has 0 aromatic rings. The van der Waals surface area contributed by atoms with Crippen LogP contribution in [0.5, 0.6) is 0 Å². The van der Waals surface area contributed by atoms with Crippen LogP contribution in [-0.2, 0) is 28.2 Å². The standard InChI is InChI=1S/C46H91O8P/c1-3-5-7-9-11-13-15-17-19-20-21-22-23-24-25-26-27-29-31-33-35-37-39-41-46(48)54-44(43-53-55(49,50)51)42-52-45(47)40-38-36-34-32-30-28-18-16-14-12-10-8-6-4-2/h44H,3-43H2,1-2H3,(H2,49,50,51). The lowest BCUT2D eigenvalue weighted by atomic mass is 10.0. The van der Waals surface area contributed by atoms with Gasteiger partial charge in [0.2, 0.25) is 0 Å². The Kier molecular flexibility index (Phi) is 41.9. The Morgan fingerprint density at radius 1 is 0.400 bits per heavy atom. The van der Waals surface area contributed by atoms with Crippen LogP contribution in [0.2, 0.25) is 0 Å². The zero-order chi connectivity index (χ0) is 40.3. The normalized spacial score (nSPS) is 12.3. The molecule has 0 rings (SSSR count). The highest BCUT2D eigenvalue weighted by Gasteiger charge is 2.23. The van der Waals surface area contributed by atoms with Gasteiger partial charge in [-0.2, -0.15) is 0 Å². The summed E-state index contributed by atoms with van der Waals surface area (Å²) >= 11 is 0. The van der Waals surface area contributed by atoms with Gasteiger partial charge in [-0.15, -0.1) is 0 Å². The van der Waals surface area contributed by atoms with E-state index in [2.05, 4.69) is 18.4 Å². The van der Waals surface area contributed by atoms with Gasteiger partial charge in [0, 0.05) is 12.8 Å². The number of phosphoric ester groups is 1.